The lowest BCUT2D eigenvalue weighted by atomic mass is 9.82. The van der Waals surface area contributed by atoms with E-state index >= 15 is 0 Å². The Hall–Kier alpha value is -0.820. The molecule has 1 heteroatoms. The first-order valence-corrected chi connectivity index (χ1v) is 6.06. The highest BCUT2D eigenvalue weighted by molar-refractivity contribution is 5.25. The summed E-state index contributed by atoms with van der Waals surface area (Å²) in [6.07, 6.45) is 5.31. The maximum absolute atomic E-state index is 9.46. The number of rotatable bonds is 2. The van der Waals surface area contributed by atoms with Crippen LogP contribution in [0.25, 0.3) is 0 Å². The van der Waals surface area contributed by atoms with Crippen LogP contribution < -0.4 is 0 Å². The van der Waals surface area contributed by atoms with E-state index in [0.717, 1.165) is 32.1 Å². The van der Waals surface area contributed by atoms with Gasteiger partial charge in [-0.05, 0) is 49.1 Å². The minimum atomic E-state index is -0.0452. The van der Waals surface area contributed by atoms with Crippen molar-refractivity contribution < 1.29 is 5.11 Å². The van der Waals surface area contributed by atoms with Crippen molar-refractivity contribution in [1.29, 1.82) is 0 Å². The van der Waals surface area contributed by atoms with Crippen molar-refractivity contribution in [2.75, 3.05) is 0 Å². The molecule has 82 valence electrons. The maximum Gasteiger partial charge on any atom is 0.0540 e. The average molecular weight is 204 g/mol. The number of aliphatic hydroxyl groups is 1. The molecule has 0 aromatic heterocycles. The van der Waals surface area contributed by atoms with E-state index < -0.39 is 0 Å². The van der Waals surface area contributed by atoms with Crippen molar-refractivity contribution in [2.45, 2.75) is 51.0 Å². The topological polar surface area (TPSA) is 20.2 Å². The van der Waals surface area contributed by atoms with Crippen molar-refractivity contribution in [3.05, 3.63) is 35.4 Å². The standard InChI is InChI=1S/C14H20O/c1-2-11-3-5-12(6-4-11)13-7-9-14(15)10-8-13/h3-6,13-15H,2,7-10H2,1H3/t13-,14-. The Kier molecular flexibility index (Phi) is 3.42. The lowest BCUT2D eigenvalue weighted by Crippen LogP contribution is -2.16. The van der Waals surface area contributed by atoms with Crippen LogP contribution in [0.4, 0.5) is 0 Å². The van der Waals surface area contributed by atoms with Gasteiger partial charge in [-0.15, -0.1) is 0 Å². The highest BCUT2D eigenvalue weighted by Gasteiger charge is 2.20. The SMILES string of the molecule is CCc1ccc([C@H]2CC[C@H](O)CC2)cc1. The molecule has 0 heterocycles. The summed E-state index contributed by atoms with van der Waals surface area (Å²) >= 11 is 0. The van der Waals surface area contributed by atoms with E-state index in [0.29, 0.717) is 5.92 Å². The van der Waals surface area contributed by atoms with Gasteiger partial charge in [0.25, 0.3) is 0 Å². The van der Waals surface area contributed by atoms with Gasteiger partial charge in [0.15, 0.2) is 0 Å². The van der Waals surface area contributed by atoms with Crippen LogP contribution in [0.1, 0.15) is 49.7 Å². The van der Waals surface area contributed by atoms with Gasteiger partial charge >= 0.3 is 0 Å². The minimum absolute atomic E-state index is 0.0452. The third-order valence-corrected chi connectivity index (χ3v) is 3.56. The van der Waals surface area contributed by atoms with Gasteiger partial charge in [-0.25, -0.2) is 0 Å². The number of hydrogen-bond acceptors (Lipinski definition) is 1. The van der Waals surface area contributed by atoms with Crippen LogP contribution in [0.15, 0.2) is 24.3 Å². The van der Waals surface area contributed by atoms with Crippen molar-refractivity contribution in [2.24, 2.45) is 0 Å². The van der Waals surface area contributed by atoms with Gasteiger partial charge in [0.1, 0.15) is 0 Å². The molecule has 1 aliphatic carbocycles. The Morgan fingerprint density at radius 1 is 1.07 bits per heavy atom. The number of benzene rings is 1. The number of aryl methyl sites for hydroxylation is 1. The summed E-state index contributed by atoms with van der Waals surface area (Å²) in [6, 6.07) is 9.00. The molecule has 0 bridgehead atoms. The quantitative estimate of drug-likeness (QED) is 0.784. The first kappa shape index (κ1) is 10.7. The van der Waals surface area contributed by atoms with Gasteiger partial charge in [-0.3, -0.25) is 0 Å². The summed E-state index contributed by atoms with van der Waals surface area (Å²) in [5.41, 5.74) is 2.87. The summed E-state index contributed by atoms with van der Waals surface area (Å²) in [7, 11) is 0. The van der Waals surface area contributed by atoms with E-state index in [2.05, 4.69) is 31.2 Å². The van der Waals surface area contributed by atoms with Crippen LogP contribution in [0, 0.1) is 0 Å². The summed E-state index contributed by atoms with van der Waals surface area (Å²) in [4.78, 5) is 0. The van der Waals surface area contributed by atoms with Crippen LogP contribution in [0.2, 0.25) is 0 Å². The van der Waals surface area contributed by atoms with Crippen LogP contribution in [-0.2, 0) is 6.42 Å². The summed E-state index contributed by atoms with van der Waals surface area (Å²) in [5.74, 6) is 0.680. The molecule has 1 aromatic carbocycles. The fourth-order valence-electron chi connectivity index (χ4n) is 2.43. The summed E-state index contributed by atoms with van der Waals surface area (Å²) in [6.45, 7) is 2.19. The first-order chi connectivity index (χ1) is 7.29. The van der Waals surface area contributed by atoms with Gasteiger partial charge in [-0.1, -0.05) is 31.2 Å². The molecule has 0 amide bonds. The first-order valence-electron chi connectivity index (χ1n) is 6.06. The van der Waals surface area contributed by atoms with Crippen LogP contribution in [0.3, 0.4) is 0 Å². The van der Waals surface area contributed by atoms with Gasteiger partial charge in [-0.2, -0.15) is 0 Å². The van der Waals surface area contributed by atoms with E-state index in [4.69, 9.17) is 0 Å². The Bertz CT molecular complexity index is 294. The van der Waals surface area contributed by atoms with Gasteiger partial charge < -0.3 is 5.11 Å². The smallest absolute Gasteiger partial charge is 0.0540 e. The van der Waals surface area contributed by atoms with Crippen molar-refractivity contribution in [1.82, 2.24) is 0 Å². The number of aliphatic hydroxyl groups excluding tert-OH is 1. The fourth-order valence-corrected chi connectivity index (χ4v) is 2.43. The van der Waals surface area contributed by atoms with E-state index in [9.17, 15) is 5.11 Å². The Morgan fingerprint density at radius 2 is 1.67 bits per heavy atom. The second-order valence-corrected chi connectivity index (χ2v) is 4.60. The molecule has 1 aliphatic rings. The molecule has 1 saturated carbocycles. The largest absolute Gasteiger partial charge is 0.393 e. The normalized spacial score (nSPS) is 26.5. The molecule has 0 atom stereocenters. The third kappa shape index (κ3) is 2.60. The van der Waals surface area contributed by atoms with Crippen LogP contribution >= 0.6 is 0 Å². The molecule has 0 spiro atoms. The molecule has 0 unspecified atom stereocenters. The van der Waals surface area contributed by atoms with Crippen molar-refractivity contribution in [3.63, 3.8) is 0 Å². The Balaban J connectivity index is 2.03. The molecule has 0 saturated heterocycles. The van der Waals surface area contributed by atoms with Crippen LogP contribution in [-0.4, -0.2) is 11.2 Å². The summed E-state index contributed by atoms with van der Waals surface area (Å²) < 4.78 is 0. The molecular formula is C14H20O. The van der Waals surface area contributed by atoms with Gasteiger partial charge in [0.2, 0.25) is 0 Å². The predicted octanol–water partition coefficient (Wildman–Crippen LogP) is 3.27. The molecule has 0 aliphatic heterocycles. The van der Waals surface area contributed by atoms with Gasteiger partial charge in [0, 0.05) is 0 Å². The predicted molar refractivity (Wildman–Crippen MR) is 63.0 cm³/mol. The fraction of sp³-hybridized carbons (Fsp3) is 0.571. The van der Waals surface area contributed by atoms with E-state index in [1.165, 1.54) is 11.1 Å². The molecule has 0 radical (unpaired) electrons. The average Bonchev–Trinajstić information content (AvgIpc) is 2.30. The highest BCUT2D eigenvalue weighted by Crippen LogP contribution is 2.32. The minimum Gasteiger partial charge on any atom is -0.393 e. The van der Waals surface area contributed by atoms with Crippen molar-refractivity contribution >= 4 is 0 Å². The second kappa shape index (κ2) is 4.80. The second-order valence-electron chi connectivity index (χ2n) is 4.60. The van der Waals surface area contributed by atoms with E-state index in [1.54, 1.807) is 0 Å². The maximum atomic E-state index is 9.46. The summed E-state index contributed by atoms with van der Waals surface area (Å²) in [5, 5.41) is 9.46. The Morgan fingerprint density at radius 3 is 2.20 bits per heavy atom. The molecule has 1 fully saturated rings. The molecule has 1 aromatic rings. The zero-order valence-corrected chi connectivity index (χ0v) is 9.45. The molecule has 2 rings (SSSR count). The lowest BCUT2D eigenvalue weighted by molar-refractivity contribution is 0.122. The van der Waals surface area contributed by atoms with Crippen LogP contribution in [0.5, 0.6) is 0 Å². The molecule has 15 heavy (non-hydrogen) atoms. The zero-order chi connectivity index (χ0) is 10.7. The zero-order valence-electron chi connectivity index (χ0n) is 9.45. The third-order valence-electron chi connectivity index (χ3n) is 3.56. The van der Waals surface area contributed by atoms with Gasteiger partial charge in [0.05, 0.1) is 6.10 Å². The Labute approximate surface area is 92.1 Å². The number of hydrogen-bond donors (Lipinski definition) is 1. The molecule has 1 nitrogen and oxygen atoms in total. The van der Waals surface area contributed by atoms with Crippen molar-refractivity contribution in [3.8, 4) is 0 Å². The monoisotopic (exact) mass is 204 g/mol. The highest BCUT2D eigenvalue weighted by atomic mass is 16.3. The van der Waals surface area contributed by atoms with E-state index in [-0.39, 0.29) is 6.10 Å². The lowest BCUT2D eigenvalue weighted by Gasteiger charge is -2.25. The molecule has 1 N–H and O–H groups in total. The van der Waals surface area contributed by atoms with E-state index in [1.807, 2.05) is 0 Å². The molecular weight excluding hydrogens is 184 g/mol.